The van der Waals surface area contributed by atoms with Crippen LogP contribution in [0.4, 0.5) is 4.79 Å². The predicted octanol–water partition coefficient (Wildman–Crippen LogP) is 2.32. The molecule has 1 aliphatic rings. The van der Waals surface area contributed by atoms with Gasteiger partial charge in [-0.2, -0.15) is 0 Å². The maximum Gasteiger partial charge on any atom is 0.319 e. The molecule has 0 unspecified atom stereocenters. The molecular formula is C11H18N2O. The minimum atomic E-state index is -0.150. The van der Waals surface area contributed by atoms with Gasteiger partial charge in [-0.25, -0.2) is 4.79 Å². The van der Waals surface area contributed by atoms with E-state index < -0.39 is 0 Å². The molecule has 1 fully saturated rings. The maximum atomic E-state index is 11.1. The van der Waals surface area contributed by atoms with Gasteiger partial charge in [0.25, 0.3) is 0 Å². The van der Waals surface area contributed by atoms with Crippen LogP contribution in [-0.4, -0.2) is 12.6 Å². The fraction of sp³-hybridized carbons (Fsp3) is 0.545. The van der Waals surface area contributed by atoms with Gasteiger partial charge in [-0.05, 0) is 25.7 Å². The molecule has 0 saturated heterocycles. The Morgan fingerprint density at radius 1 is 1.36 bits per heavy atom. The van der Waals surface area contributed by atoms with Gasteiger partial charge in [-0.3, -0.25) is 0 Å². The Balaban J connectivity index is 2.22. The standard InChI is InChI=1S/C11H18N2O/c1-2-8-12-11(14)13-9-10-6-4-3-5-7-10/h2,9H,1,3-8H2,(H2,12,13,14). The van der Waals surface area contributed by atoms with E-state index in [9.17, 15) is 4.79 Å². The number of rotatable bonds is 3. The highest BCUT2D eigenvalue weighted by Gasteiger charge is 2.05. The zero-order chi connectivity index (χ0) is 10.2. The van der Waals surface area contributed by atoms with Crippen LogP contribution in [0.5, 0.6) is 0 Å². The highest BCUT2D eigenvalue weighted by Crippen LogP contribution is 2.21. The lowest BCUT2D eigenvalue weighted by molar-refractivity contribution is 0.245. The lowest BCUT2D eigenvalue weighted by Gasteiger charge is -2.13. The first-order valence-corrected chi connectivity index (χ1v) is 5.16. The lowest BCUT2D eigenvalue weighted by atomic mass is 9.96. The van der Waals surface area contributed by atoms with E-state index in [0.717, 1.165) is 12.8 Å². The largest absolute Gasteiger partial charge is 0.334 e. The Morgan fingerprint density at radius 3 is 2.71 bits per heavy atom. The molecule has 0 spiro atoms. The van der Waals surface area contributed by atoms with E-state index in [4.69, 9.17) is 0 Å². The monoisotopic (exact) mass is 194 g/mol. The van der Waals surface area contributed by atoms with E-state index >= 15 is 0 Å². The minimum absolute atomic E-state index is 0.150. The number of amides is 2. The van der Waals surface area contributed by atoms with E-state index in [2.05, 4.69) is 17.2 Å². The predicted molar refractivity (Wildman–Crippen MR) is 57.9 cm³/mol. The van der Waals surface area contributed by atoms with Gasteiger partial charge in [0.2, 0.25) is 0 Å². The molecule has 0 atom stereocenters. The summed E-state index contributed by atoms with van der Waals surface area (Å²) in [4.78, 5) is 11.1. The van der Waals surface area contributed by atoms with Crippen LogP contribution < -0.4 is 10.6 Å². The summed E-state index contributed by atoms with van der Waals surface area (Å²) in [5, 5.41) is 5.39. The number of hydrogen-bond acceptors (Lipinski definition) is 1. The average molecular weight is 194 g/mol. The molecule has 0 aromatic rings. The Labute approximate surface area is 85.3 Å². The van der Waals surface area contributed by atoms with Crippen molar-refractivity contribution >= 4 is 6.03 Å². The smallest absolute Gasteiger partial charge is 0.319 e. The molecule has 0 radical (unpaired) electrons. The van der Waals surface area contributed by atoms with Crippen molar-refractivity contribution in [1.82, 2.24) is 10.6 Å². The second-order valence-electron chi connectivity index (χ2n) is 3.51. The van der Waals surface area contributed by atoms with Crippen molar-refractivity contribution in [3.8, 4) is 0 Å². The molecule has 1 rings (SSSR count). The number of carbonyl (C=O) groups excluding carboxylic acids is 1. The molecule has 1 saturated carbocycles. The van der Waals surface area contributed by atoms with Crippen molar-refractivity contribution in [1.29, 1.82) is 0 Å². The molecule has 3 heteroatoms. The van der Waals surface area contributed by atoms with Crippen LogP contribution in [0.2, 0.25) is 0 Å². The van der Waals surface area contributed by atoms with Crippen LogP contribution >= 0.6 is 0 Å². The van der Waals surface area contributed by atoms with Crippen LogP contribution in [0.15, 0.2) is 24.4 Å². The quantitative estimate of drug-likeness (QED) is 0.665. The van der Waals surface area contributed by atoms with Gasteiger partial charge in [-0.15, -0.1) is 6.58 Å². The Hall–Kier alpha value is -1.25. The lowest BCUT2D eigenvalue weighted by Crippen LogP contribution is -2.32. The fourth-order valence-electron chi connectivity index (χ4n) is 1.53. The van der Waals surface area contributed by atoms with Crippen LogP contribution in [0.25, 0.3) is 0 Å². The summed E-state index contributed by atoms with van der Waals surface area (Å²) in [5.41, 5.74) is 1.35. The Bertz CT molecular complexity index is 225. The second kappa shape index (κ2) is 6.24. The van der Waals surface area contributed by atoms with Crippen LogP contribution in [0.1, 0.15) is 32.1 Å². The molecule has 0 bridgehead atoms. The summed E-state index contributed by atoms with van der Waals surface area (Å²) in [5.74, 6) is 0. The highest BCUT2D eigenvalue weighted by molar-refractivity contribution is 5.75. The Morgan fingerprint density at radius 2 is 2.07 bits per heavy atom. The van der Waals surface area contributed by atoms with E-state index in [-0.39, 0.29) is 6.03 Å². The second-order valence-corrected chi connectivity index (χ2v) is 3.51. The summed E-state index contributed by atoms with van der Waals surface area (Å²) < 4.78 is 0. The van der Waals surface area contributed by atoms with Crippen molar-refractivity contribution in [2.45, 2.75) is 32.1 Å². The average Bonchev–Trinajstić information content (AvgIpc) is 2.25. The van der Waals surface area contributed by atoms with E-state index in [1.807, 2.05) is 6.20 Å². The number of urea groups is 1. The molecular weight excluding hydrogens is 176 g/mol. The van der Waals surface area contributed by atoms with Crippen LogP contribution in [-0.2, 0) is 0 Å². The normalized spacial score (nSPS) is 15.9. The van der Waals surface area contributed by atoms with Crippen molar-refractivity contribution in [3.05, 3.63) is 24.4 Å². The summed E-state index contributed by atoms with van der Waals surface area (Å²) in [6, 6.07) is -0.150. The number of nitrogens with one attached hydrogen (secondary N) is 2. The SMILES string of the molecule is C=CCNC(=O)NC=C1CCCCC1. The summed E-state index contributed by atoms with van der Waals surface area (Å²) in [7, 11) is 0. The van der Waals surface area contributed by atoms with Crippen molar-refractivity contribution in [2.24, 2.45) is 0 Å². The molecule has 78 valence electrons. The van der Waals surface area contributed by atoms with Gasteiger partial charge < -0.3 is 10.6 Å². The molecule has 3 nitrogen and oxygen atoms in total. The zero-order valence-corrected chi connectivity index (χ0v) is 8.51. The van der Waals surface area contributed by atoms with Gasteiger partial charge in [0.05, 0.1) is 0 Å². The first-order valence-electron chi connectivity index (χ1n) is 5.16. The summed E-state index contributed by atoms with van der Waals surface area (Å²) >= 11 is 0. The third-order valence-corrected chi connectivity index (χ3v) is 2.31. The molecule has 0 aliphatic heterocycles. The number of carbonyl (C=O) groups is 1. The molecule has 0 heterocycles. The molecule has 0 aromatic heterocycles. The molecule has 14 heavy (non-hydrogen) atoms. The van der Waals surface area contributed by atoms with Crippen LogP contribution in [0, 0.1) is 0 Å². The topological polar surface area (TPSA) is 41.1 Å². The first-order chi connectivity index (χ1) is 6.83. The van der Waals surface area contributed by atoms with Gasteiger partial charge in [0.15, 0.2) is 0 Å². The minimum Gasteiger partial charge on any atom is -0.334 e. The molecule has 0 aromatic carbocycles. The molecule has 2 N–H and O–H groups in total. The Kier molecular flexibility index (Phi) is 4.83. The van der Waals surface area contributed by atoms with Crippen molar-refractivity contribution in [2.75, 3.05) is 6.54 Å². The van der Waals surface area contributed by atoms with E-state index in [1.54, 1.807) is 6.08 Å². The molecule has 2 amide bonds. The van der Waals surface area contributed by atoms with Gasteiger partial charge in [-0.1, -0.05) is 18.1 Å². The summed E-state index contributed by atoms with van der Waals surface area (Å²) in [6.07, 6.45) is 9.58. The third-order valence-electron chi connectivity index (χ3n) is 2.31. The zero-order valence-electron chi connectivity index (χ0n) is 8.51. The van der Waals surface area contributed by atoms with E-state index in [0.29, 0.717) is 6.54 Å². The van der Waals surface area contributed by atoms with E-state index in [1.165, 1.54) is 24.8 Å². The highest BCUT2D eigenvalue weighted by atomic mass is 16.2. The van der Waals surface area contributed by atoms with Gasteiger partial charge in [0.1, 0.15) is 0 Å². The fourth-order valence-corrected chi connectivity index (χ4v) is 1.53. The summed E-state index contributed by atoms with van der Waals surface area (Å²) in [6.45, 7) is 4.03. The first kappa shape index (κ1) is 10.8. The van der Waals surface area contributed by atoms with Crippen molar-refractivity contribution < 1.29 is 4.79 Å². The van der Waals surface area contributed by atoms with Gasteiger partial charge >= 0.3 is 6.03 Å². The number of hydrogen-bond donors (Lipinski definition) is 2. The van der Waals surface area contributed by atoms with Gasteiger partial charge in [0, 0.05) is 12.7 Å². The van der Waals surface area contributed by atoms with Crippen LogP contribution in [0.3, 0.4) is 0 Å². The number of allylic oxidation sites excluding steroid dienone is 1. The molecule has 1 aliphatic carbocycles. The third kappa shape index (κ3) is 4.12. The maximum absolute atomic E-state index is 11.1. The van der Waals surface area contributed by atoms with Crippen molar-refractivity contribution in [3.63, 3.8) is 0 Å².